The van der Waals surface area contributed by atoms with Crippen LogP contribution in [0.1, 0.15) is 12.8 Å². The monoisotopic (exact) mass is 223 g/mol. The number of halogens is 1. The maximum atomic E-state index is 10.9. The van der Waals surface area contributed by atoms with Crippen LogP contribution >= 0.6 is 11.6 Å². The number of rotatable bonds is 1. The van der Waals surface area contributed by atoms with Crippen molar-refractivity contribution >= 4 is 23.3 Å². The van der Waals surface area contributed by atoms with Crippen molar-refractivity contribution in [2.24, 2.45) is 5.41 Å². The van der Waals surface area contributed by atoms with E-state index in [0.29, 0.717) is 16.8 Å². The van der Waals surface area contributed by atoms with Crippen molar-refractivity contribution in [3.63, 3.8) is 0 Å². The molecule has 3 rings (SSSR count). The minimum absolute atomic E-state index is 0.250. The van der Waals surface area contributed by atoms with Crippen molar-refractivity contribution in [1.82, 2.24) is 9.97 Å². The Morgan fingerprint density at radius 1 is 1.27 bits per heavy atom. The van der Waals surface area contributed by atoms with Crippen LogP contribution in [0.4, 0.5) is 5.95 Å². The molecule has 0 radical (unpaired) electrons. The van der Waals surface area contributed by atoms with E-state index in [9.17, 15) is 4.79 Å². The second-order valence-corrected chi connectivity index (χ2v) is 4.89. The SMILES string of the molecule is O=C1CC2(C1)CN(c1ncc(Cl)cn1)C2. The minimum Gasteiger partial charge on any atom is -0.340 e. The normalized spacial score (nSPS) is 22.5. The molecule has 1 aromatic heterocycles. The highest BCUT2D eigenvalue weighted by Gasteiger charge is 2.52. The van der Waals surface area contributed by atoms with E-state index < -0.39 is 0 Å². The van der Waals surface area contributed by atoms with Gasteiger partial charge in [0.25, 0.3) is 0 Å². The summed E-state index contributed by atoms with van der Waals surface area (Å²) in [5, 5.41) is 0.549. The molecular weight excluding hydrogens is 214 g/mol. The van der Waals surface area contributed by atoms with Gasteiger partial charge < -0.3 is 4.90 Å². The summed E-state index contributed by atoms with van der Waals surface area (Å²) < 4.78 is 0. The molecule has 2 aliphatic rings. The van der Waals surface area contributed by atoms with Crippen molar-refractivity contribution in [2.45, 2.75) is 12.8 Å². The zero-order chi connectivity index (χ0) is 10.5. The quantitative estimate of drug-likeness (QED) is 0.720. The smallest absolute Gasteiger partial charge is 0.225 e. The molecule has 1 saturated carbocycles. The van der Waals surface area contributed by atoms with Crippen LogP contribution in [0.5, 0.6) is 0 Å². The molecule has 0 atom stereocenters. The van der Waals surface area contributed by atoms with Crippen molar-refractivity contribution in [3.05, 3.63) is 17.4 Å². The average Bonchev–Trinajstić information content (AvgIpc) is 2.11. The van der Waals surface area contributed by atoms with E-state index in [2.05, 4.69) is 14.9 Å². The standard InChI is InChI=1S/C10H10ClN3O/c11-7-3-12-9(13-4-7)14-5-10(6-14)1-8(15)2-10/h3-4H,1-2,5-6H2. The number of nitrogens with zero attached hydrogens (tertiary/aromatic N) is 3. The van der Waals surface area contributed by atoms with Crippen molar-refractivity contribution < 1.29 is 4.79 Å². The third kappa shape index (κ3) is 1.40. The van der Waals surface area contributed by atoms with Crippen LogP contribution in [0.3, 0.4) is 0 Å². The molecule has 4 nitrogen and oxygen atoms in total. The van der Waals surface area contributed by atoms with Crippen LogP contribution < -0.4 is 4.90 Å². The Balaban J connectivity index is 1.67. The number of ketones is 1. The zero-order valence-corrected chi connectivity index (χ0v) is 8.87. The lowest BCUT2D eigenvalue weighted by Gasteiger charge is -2.54. The predicted molar refractivity (Wildman–Crippen MR) is 55.9 cm³/mol. The van der Waals surface area contributed by atoms with Crippen LogP contribution in [0.15, 0.2) is 12.4 Å². The number of carbonyl (C=O) groups is 1. The average molecular weight is 224 g/mol. The molecule has 5 heteroatoms. The summed E-state index contributed by atoms with van der Waals surface area (Å²) >= 11 is 5.70. The fourth-order valence-electron chi connectivity index (χ4n) is 2.38. The van der Waals surface area contributed by atoms with Crippen LogP contribution in [0, 0.1) is 5.41 Å². The van der Waals surface area contributed by atoms with Gasteiger partial charge in [0.1, 0.15) is 5.78 Å². The van der Waals surface area contributed by atoms with Gasteiger partial charge in [0.05, 0.1) is 17.4 Å². The topological polar surface area (TPSA) is 46.1 Å². The molecule has 0 aromatic carbocycles. The Labute approximate surface area is 92.3 Å². The highest BCUT2D eigenvalue weighted by molar-refractivity contribution is 6.30. The molecular formula is C10H10ClN3O. The summed E-state index contributed by atoms with van der Waals surface area (Å²) in [7, 11) is 0. The summed E-state index contributed by atoms with van der Waals surface area (Å²) in [6.45, 7) is 1.81. The van der Waals surface area contributed by atoms with Crippen molar-refractivity contribution in [1.29, 1.82) is 0 Å². The molecule has 1 spiro atoms. The molecule has 15 heavy (non-hydrogen) atoms. The predicted octanol–water partition coefficient (Wildman–Crippen LogP) is 1.30. The fraction of sp³-hybridized carbons (Fsp3) is 0.500. The van der Waals surface area contributed by atoms with E-state index >= 15 is 0 Å². The van der Waals surface area contributed by atoms with E-state index in [-0.39, 0.29) is 5.41 Å². The number of hydrogen-bond acceptors (Lipinski definition) is 4. The van der Waals surface area contributed by atoms with Gasteiger partial charge in [-0.15, -0.1) is 0 Å². The fourth-order valence-corrected chi connectivity index (χ4v) is 2.48. The first-order valence-electron chi connectivity index (χ1n) is 4.91. The van der Waals surface area contributed by atoms with Gasteiger partial charge in [0.15, 0.2) is 0 Å². The van der Waals surface area contributed by atoms with E-state index in [1.54, 1.807) is 12.4 Å². The Morgan fingerprint density at radius 2 is 1.87 bits per heavy atom. The van der Waals surface area contributed by atoms with Crippen molar-refractivity contribution in [3.8, 4) is 0 Å². The molecule has 2 heterocycles. The van der Waals surface area contributed by atoms with E-state index in [4.69, 9.17) is 11.6 Å². The summed E-state index contributed by atoms with van der Waals surface area (Å²) in [5.74, 6) is 1.09. The third-order valence-electron chi connectivity index (χ3n) is 3.09. The molecule has 2 fully saturated rings. The molecule has 0 N–H and O–H groups in total. The molecule has 1 aliphatic carbocycles. The number of aromatic nitrogens is 2. The van der Waals surface area contributed by atoms with Crippen LogP contribution in [0.2, 0.25) is 5.02 Å². The number of Topliss-reactive ketones (excluding diaryl/α,β-unsaturated/α-hetero) is 1. The summed E-state index contributed by atoms with van der Waals surface area (Å²) in [6, 6.07) is 0. The maximum absolute atomic E-state index is 10.9. The second kappa shape index (κ2) is 2.92. The first-order valence-corrected chi connectivity index (χ1v) is 5.29. The van der Waals surface area contributed by atoms with Gasteiger partial charge in [-0.05, 0) is 0 Å². The largest absolute Gasteiger partial charge is 0.340 e. The highest BCUT2D eigenvalue weighted by atomic mass is 35.5. The summed E-state index contributed by atoms with van der Waals surface area (Å²) in [4.78, 5) is 21.3. The van der Waals surface area contributed by atoms with E-state index in [0.717, 1.165) is 25.9 Å². The Hall–Kier alpha value is -1.16. The molecule has 0 amide bonds. The Kier molecular flexibility index (Phi) is 1.77. The lowest BCUT2D eigenvalue weighted by molar-refractivity contribution is -0.134. The van der Waals surface area contributed by atoms with Crippen LogP contribution in [-0.4, -0.2) is 28.8 Å². The molecule has 0 bridgehead atoms. The van der Waals surface area contributed by atoms with Gasteiger partial charge in [-0.3, -0.25) is 4.79 Å². The Morgan fingerprint density at radius 3 is 2.40 bits per heavy atom. The van der Waals surface area contributed by atoms with Gasteiger partial charge in [-0.25, -0.2) is 9.97 Å². The lowest BCUT2D eigenvalue weighted by atomic mass is 9.63. The number of carbonyl (C=O) groups excluding carboxylic acids is 1. The minimum atomic E-state index is 0.250. The molecule has 1 aliphatic heterocycles. The second-order valence-electron chi connectivity index (χ2n) is 4.45. The summed E-state index contributed by atoms with van der Waals surface area (Å²) in [5.41, 5.74) is 0.250. The lowest BCUT2D eigenvalue weighted by Crippen LogP contribution is -2.63. The number of hydrogen-bond donors (Lipinski definition) is 0. The van der Waals surface area contributed by atoms with Gasteiger partial charge in [-0.1, -0.05) is 11.6 Å². The summed E-state index contributed by atoms with van der Waals surface area (Å²) in [6.07, 6.45) is 4.66. The first-order chi connectivity index (χ1) is 7.17. The van der Waals surface area contributed by atoms with Crippen LogP contribution in [0.25, 0.3) is 0 Å². The van der Waals surface area contributed by atoms with Crippen molar-refractivity contribution in [2.75, 3.05) is 18.0 Å². The van der Waals surface area contributed by atoms with E-state index in [1.165, 1.54) is 0 Å². The zero-order valence-electron chi connectivity index (χ0n) is 8.11. The maximum Gasteiger partial charge on any atom is 0.225 e. The molecule has 78 valence electrons. The highest BCUT2D eigenvalue weighted by Crippen LogP contribution is 2.46. The Bertz CT molecular complexity index is 401. The first kappa shape index (κ1) is 9.09. The van der Waals surface area contributed by atoms with Gasteiger partial charge in [0, 0.05) is 31.3 Å². The molecule has 1 saturated heterocycles. The molecule has 0 unspecified atom stereocenters. The van der Waals surface area contributed by atoms with E-state index in [1.807, 2.05) is 0 Å². The van der Waals surface area contributed by atoms with Gasteiger partial charge >= 0.3 is 0 Å². The number of anilines is 1. The van der Waals surface area contributed by atoms with Gasteiger partial charge in [0.2, 0.25) is 5.95 Å². The van der Waals surface area contributed by atoms with Gasteiger partial charge in [-0.2, -0.15) is 0 Å². The van der Waals surface area contributed by atoms with Crippen LogP contribution in [-0.2, 0) is 4.79 Å². The molecule has 1 aromatic rings. The third-order valence-corrected chi connectivity index (χ3v) is 3.28.